The molecule has 13 heteroatoms. The number of Topliss-reactive ketones (excluding diaryl/α,β-unsaturated/α-hetero) is 1. The highest BCUT2D eigenvalue weighted by atomic mass is 32.2. The Kier molecular flexibility index (Phi) is 13.5. The normalized spacial score (nSPS) is 29.9. The van der Waals surface area contributed by atoms with Gasteiger partial charge in [0, 0.05) is 13.1 Å². The molecule has 0 bridgehead atoms. The van der Waals surface area contributed by atoms with E-state index in [0.717, 1.165) is 44.9 Å². The Bertz CT molecular complexity index is 1540. The van der Waals surface area contributed by atoms with Crippen molar-refractivity contribution >= 4 is 39.4 Å². The monoisotopic (exact) mass is 775 g/mol. The maximum absolute atomic E-state index is 15.0. The first-order chi connectivity index (χ1) is 25.1. The summed E-state index contributed by atoms with van der Waals surface area (Å²) in [6, 6.07) is -3.48. The van der Waals surface area contributed by atoms with Gasteiger partial charge in [-0.15, -0.1) is 6.58 Å². The van der Waals surface area contributed by atoms with Crippen LogP contribution in [-0.4, -0.2) is 90.1 Å². The third-order valence-electron chi connectivity index (χ3n) is 13.8. The highest BCUT2D eigenvalue weighted by Gasteiger charge is 2.70. The van der Waals surface area contributed by atoms with Gasteiger partial charge in [0.05, 0.1) is 22.1 Å². The van der Waals surface area contributed by atoms with E-state index in [0.29, 0.717) is 25.8 Å². The molecule has 0 aromatic heterocycles. The summed E-state index contributed by atoms with van der Waals surface area (Å²) in [6.07, 6.45) is 9.82. The van der Waals surface area contributed by atoms with E-state index in [1.807, 2.05) is 27.7 Å². The first-order valence-corrected chi connectivity index (χ1v) is 22.1. The number of carbonyl (C=O) groups is 5. The second kappa shape index (κ2) is 16.6. The topological polar surface area (TPSA) is 171 Å². The third-order valence-corrected chi connectivity index (χ3v) is 16.6. The molecule has 1 heterocycles. The predicted molar refractivity (Wildman–Crippen MR) is 211 cm³/mol. The Morgan fingerprint density at radius 3 is 2.11 bits per heavy atom. The van der Waals surface area contributed by atoms with Gasteiger partial charge in [-0.3, -0.25) is 19.2 Å². The Hall–Kier alpha value is -2.96. The van der Waals surface area contributed by atoms with Crippen LogP contribution in [0.3, 0.4) is 0 Å². The summed E-state index contributed by atoms with van der Waals surface area (Å²) in [6.45, 7) is 21.2. The molecule has 0 aromatic rings. The van der Waals surface area contributed by atoms with Crippen LogP contribution in [0, 0.1) is 34.5 Å². The van der Waals surface area contributed by atoms with Crippen molar-refractivity contribution in [3.05, 3.63) is 12.7 Å². The zero-order valence-corrected chi connectivity index (χ0v) is 35.3. The fourth-order valence-electron chi connectivity index (χ4n) is 9.71. The summed E-state index contributed by atoms with van der Waals surface area (Å²) in [5.74, 6) is -2.89. The lowest BCUT2D eigenvalue weighted by Crippen LogP contribution is -2.68. The average Bonchev–Trinajstić information content (AvgIpc) is 3.39. The summed E-state index contributed by atoms with van der Waals surface area (Å²) in [7, 11) is -3.63. The molecule has 3 saturated carbocycles. The van der Waals surface area contributed by atoms with Gasteiger partial charge < -0.3 is 26.2 Å². The number of hydrogen-bond acceptors (Lipinski definition) is 7. The summed E-state index contributed by atoms with van der Waals surface area (Å²) in [5.41, 5.74) is -1.85. The van der Waals surface area contributed by atoms with Gasteiger partial charge in [0.1, 0.15) is 12.1 Å². The van der Waals surface area contributed by atoms with Crippen LogP contribution in [0.25, 0.3) is 0 Å². The third kappa shape index (κ3) is 8.86. The molecular formula is C41H69N5O7S. The molecule has 4 fully saturated rings. The van der Waals surface area contributed by atoms with Gasteiger partial charge in [-0.05, 0) is 87.4 Å². The molecule has 4 rings (SSSR count). The second-order valence-electron chi connectivity index (χ2n) is 18.8. The maximum atomic E-state index is 15.0. The lowest BCUT2D eigenvalue weighted by Gasteiger charge is -2.49. The fraction of sp³-hybridized carbons (Fsp3) is 0.829. The largest absolute Gasteiger partial charge is 0.346 e. The quantitative estimate of drug-likeness (QED) is 0.133. The van der Waals surface area contributed by atoms with E-state index in [-0.39, 0.29) is 53.7 Å². The fourth-order valence-corrected chi connectivity index (χ4v) is 11.4. The molecule has 2 unspecified atom stereocenters. The number of urea groups is 1. The Labute approximate surface area is 324 Å². The van der Waals surface area contributed by atoms with Gasteiger partial charge in [0.15, 0.2) is 9.84 Å². The molecule has 12 nitrogen and oxygen atoms in total. The highest BCUT2D eigenvalue weighted by Crippen LogP contribution is 2.65. The van der Waals surface area contributed by atoms with Crippen molar-refractivity contribution < 1.29 is 32.4 Å². The Balaban J connectivity index is 1.66. The minimum atomic E-state index is -3.63. The second-order valence-corrected chi connectivity index (χ2v) is 21.6. The van der Waals surface area contributed by atoms with Gasteiger partial charge in [0.25, 0.3) is 5.91 Å². The molecule has 4 N–H and O–H groups in total. The number of hydrogen-bond donors (Lipinski definition) is 4. The number of rotatable bonds is 15. The number of nitrogens with one attached hydrogen (secondary N) is 4. The number of carbonyl (C=O) groups excluding carboxylic acids is 5. The molecule has 1 saturated heterocycles. The van der Waals surface area contributed by atoms with Crippen LogP contribution in [0.4, 0.5) is 4.79 Å². The number of amides is 5. The number of fused-ring (bicyclic) bond motifs is 1. The smallest absolute Gasteiger partial charge is 0.315 e. The number of ketones is 1. The minimum absolute atomic E-state index is 0.0568. The van der Waals surface area contributed by atoms with Crippen molar-refractivity contribution in [1.82, 2.24) is 26.2 Å². The molecule has 306 valence electrons. The Morgan fingerprint density at radius 1 is 0.944 bits per heavy atom. The SMILES string of the molecule is C=CCNC(=O)C(=O)C(CCCC)NC(=O)[C@@H]1[C@@H]2[C@H](CN1C(=O)[C@@H](NC(=O)NC1(CS(=O)(=O)C(C)(C)C)[C@H](C)CCC[C@@H]1C)C1(C)CCCCC1)C2(C)C. The van der Waals surface area contributed by atoms with E-state index in [1.54, 1.807) is 25.7 Å². The van der Waals surface area contributed by atoms with E-state index < -0.39 is 67.3 Å². The number of nitrogens with zero attached hydrogens (tertiary/aromatic N) is 1. The predicted octanol–water partition coefficient (Wildman–Crippen LogP) is 5.06. The standard InChI is InChI=1S/C41H69N5O7S/c1-11-13-20-29(32(47)35(49)42-23-12-2)43-34(48)31-30-28(39(30,8)9)24-46(31)36(50)33(40(10)21-15-14-16-22-40)44-37(51)45-41(25-54(52,53)38(5,6)7)26(3)18-17-19-27(41)4/h12,26-31,33H,2,11,13-25H2,1,3-10H3,(H,42,49)(H,43,48)(H2,44,45,51)/t26-,27+,28-,29?,30-,31-,33+,41?/m0/s1. The van der Waals surface area contributed by atoms with E-state index in [4.69, 9.17) is 0 Å². The zero-order chi connectivity index (χ0) is 40.4. The first-order valence-electron chi connectivity index (χ1n) is 20.4. The molecular weight excluding hydrogens is 707 g/mol. The molecule has 4 aliphatic rings. The summed E-state index contributed by atoms with van der Waals surface area (Å²) in [5, 5.41) is 11.7. The van der Waals surface area contributed by atoms with Crippen LogP contribution >= 0.6 is 0 Å². The molecule has 54 heavy (non-hydrogen) atoms. The summed E-state index contributed by atoms with van der Waals surface area (Å²) in [4.78, 5) is 71.3. The van der Waals surface area contributed by atoms with Gasteiger partial charge >= 0.3 is 6.03 Å². The summed E-state index contributed by atoms with van der Waals surface area (Å²) < 4.78 is 26.4. The van der Waals surface area contributed by atoms with Gasteiger partial charge in [-0.2, -0.15) is 0 Å². The van der Waals surface area contributed by atoms with Crippen molar-refractivity contribution in [2.24, 2.45) is 34.5 Å². The van der Waals surface area contributed by atoms with Crippen molar-refractivity contribution in [2.75, 3.05) is 18.8 Å². The van der Waals surface area contributed by atoms with Crippen LogP contribution in [0.1, 0.15) is 133 Å². The molecule has 3 aliphatic carbocycles. The maximum Gasteiger partial charge on any atom is 0.315 e. The van der Waals surface area contributed by atoms with E-state index in [2.05, 4.69) is 41.7 Å². The van der Waals surface area contributed by atoms with E-state index in [9.17, 15) is 27.6 Å². The first kappa shape index (κ1) is 43.8. The Morgan fingerprint density at radius 2 is 1.56 bits per heavy atom. The van der Waals surface area contributed by atoms with Crippen LogP contribution in [0.5, 0.6) is 0 Å². The highest BCUT2D eigenvalue weighted by molar-refractivity contribution is 7.92. The number of likely N-dealkylation sites (tertiary alicyclic amines) is 1. The zero-order valence-electron chi connectivity index (χ0n) is 34.4. The molecule has 0 radical (unpaired) electrons. The average molecular weight is 776 g/mol. The van der Waals surface area contributed by atoms with Crippen LogP contribution in [0.15, 0.2) is 12.7 Å². The van der Waals surface area contributed by atoms with Crippen LogP contribution < -0.4 is 21.3 Å². The van der Waals surface area contributed by atoms with Crippen LogP contribution in [-0.2, 0) is 29.0 Å². The lowest BCUT2D eigenvalue weighted by atomic mass is 9.68. The number of sulfone groups is 1. The molecule has 8 atom stereocenters. The van der Waals surface area contributed by atoms with Crippen molar-refractivity contribution in [3.8, 4) is 0 Å². The van der Waals surface area contributed by atoms with Gasteiger partial charge in [0.2, 0.25) is 17.6 Å². The molecule has 5 amide bonds. The van der Waals surface area contributed by atoms with Crippen molar-refractivity contribution in [3.63, 3.8) is 0 Å². The molecule has 0 spiro atoms. The van der Waals surface area contributed by atoms with Crippen LogP contribution in [0.2, 0.25) is 0 Å². The van der Waals surface area contributed by atoms with Gasteiger partial charge in [-0.25, -0.2) is 13.2 Å². The molecule has 1 aliphatic heterocycles. The van der Waals surface area contributed by atoms with E-state index in [1.165, 1.54) is 6.08 Å². The lowest BCUT2D eigenvalue weighted by molar-refractivity contribution is -0.146. The summed E-state index contributed by atoms with van der Waals surface area (Å²) >= 11 is 0. The van der Waals surface area contributed by atoms with E-state index >= 15 is 4.79 Å². The molecule has 0 aromatic carbocycles. The minimum Gasteiger partial charge on any atom is -0.346 e. The van der Waals surface area contributed by atoms with Gasteiger partial charge in [-0.1, -0.05) is 86.1 Å². The number of piperidine rings is 1. The van der Waals surface area contributed by atoms with Crippen molar-refractivity contribution in [1.29, 1.82) is 0 Å². The van der Waals surface area contributed by atoms with Crippen molar-refractivity contribution in [2.45, 2.75) is 161 Å². The number of unbranched alkanes of at least 4 members (excludes halogenated alkanes) is 1.